The molecule has 0 radical (unpaired) electrons. The van der Waals surface area contributed by atoms with Crippen LogP contribution >= 0.6 is 0 Å². The number of carbonyl (C=O) groups is 1. The Kier molecular flexibility index (Phi) is 13.1. The zero-order valence-electron chi connectivity index (χ0n) is 12.1. The lowest BCUT2D eigenvalue weighted by molar-refractivity contribution is -0.923. The maximum Gasteiger partial charge on any atom is 0.102 e. The average Bonchev–Trinajstić information content (AvgIpc) is 2.32. The van der Waals surface area contributed by atoms with Gasteiger partial charge in [0, 0.05) is 13.1 Å². The van der Waals surface area contributed by atoms with Crippen molar-refractivity contribution in [3.05, 3.63) is 0 Å². The molecule has 0 aromatic heterocycles. The number of hydrogen-bond acceptors (Lipinski definition) is 3. The highest BCUT2D eigenvalue weighted by molar-refractivity contribution is 5.63. The van der Waals surface area contributed by atoms with Crippen molar-refractivity contribution in [1.82, 2.24) is 0 Å². The molecule has 0 rings (SSSR count). The first-order chi connectivity index (χ1) is 8.01. The summed E-state index contributed by atoms with van der Waals surface area (Å²) in [6, 6.07) is 0. The number of rotatable bonds is 8. The maximum absolute atomic E-state index is 9.49. The van der Waals surface area contributed by atoms with E-state index in [1.807, 2.05) is 0 Å². The molecular formula is C13H29NO3. The number of nitrogens with zero attached hydrogens (tertiary/aromatic N) is 1. The maximum atomic E-state index is 9.49. The second kappa shape index (κ2) is 11.9. The van der Waals surface area contributed by atoms with Crippen LogP contribution in [0.1, 0.15) is 40.5 Å². The van der Waals surface area contributed by atoms with Crippen LogP contribution in [0.4, 0.5) is 0 Å². The van der Waals surface area contributed by atoms with E-state index in [0.29, 0.717) is 6.42 Å². The lowest BCUT2D eigenvalue weighted by Gasteiger charge is -2.35. The molecule has 0 aliphatic carbocycles. The molecule has 0 N–H and O–H groups in total. The van der Waals surface area contributed by atoms with Crippen LogP contribution in [-0.2, 0) is 9.53 Å². The summed E-state index contributed by atoms with van der Waals surface area (Å²) in [5.74, 6) is -0.961. The number of carboxylic acids is 1. The molecule has 0 fully saturated rings. The first kappa shape index (κ1) is 18.7. The molecule has 4 heteroatoms. The third-order valence-corrected chi connectivity index (χ3v) is 3.24. The number of carboxylic acid groups (broad SMARTS) is 1. The van der Waals surface area contributed by atoms with E-state index < -0.39 is 5.97 Å². The van der Waals surface area contributed by atoms with E-state index in [9.17, 15) is 9.90 Å². The fourth-order valence-electron chi connectivity index (χ4n) is 1.63. The van der Waals surface area contributed by atoms with Crippen molar-refractivity contribution in [3.63, 3.8) is 0 Å². The van der Waals surface area contributed by atoms with E-state index in [4.69, 9.17) is 4.74 Å². The highest BCUT2D eigenvalue weighted by Gasteiger charge is 2.19. The second-order valence-electron chi connectivity index (χ2n) is 4.13. The number of hydrogen-bond donors (Lipinski definition) is 0. The van der Waals surface area contributed by atoms with Gasteiger partial charge in [-0.15, -0.1) is 0 Å². The fraction of sp³-hybridized carbons (Fsp3) is 0.923. The van der Waals surface area contributed by atoms with Crippen molar-refractivity contribution in [3.8, 4) is 0 Å². The van der Waals surface area contributed by atoms with Crippen LogP contribution in [0.5, 0.6) is 0 Å². The van der Waals surface area contributed by atoms with Gasteiger partial charge in [0.2, 0.25) is 0 Å². The number of likely N-dealkylation sites (N-methyl/N-ethyl adjacent to an activating group) is 1. The van der Waals surface area contributed by atoms with Gasteiger partial charge in [-0.25, -0.2) is 0 Å². The average molecular weight is 247 g/mol. The summed E-state index contributed by atoms with van der Waals surface area (Å²) in [5, 5.41) is 9.49. The Morgan fingerprint density at radius 1 is 1.12 bits per heavy atom. The molecule has 17 heavy (non-hydrogen) atoms. The summed E-state index contributed by atoms with van der Waals surface area (Å²) in [4.78, 5) is 9.49. The lowest BCUT2D eigenvalue weighted by atomic mass is 10.3. The molecule has 0 amide bonds. The van der Waals surface area contributed by atoms with Crippen molar-refractivity contribution < 1.29 is 19.1 Å². The Morgan fingerprint density at radius 3 is 1.76 bits per heavy atom. The number of ether oxygens (including phenoxy) is 1. The smallest absolute Gasteiger partial charge is 0.102 e. The third kappa shape index (κ3) is 10.3. The van der Waals surface area contributed by atoms with Gasteiger partial charge in [-0.3, -0.25) is 0 Å². The van der Waals surface area contributed by atoms with Crippen molar-refractivity contribution in [2.24, 2.45) is 0 Å². The molecule has 0 saturated carbocycles. The van der Waals surface area contributed by atoms with Crippen molar-refractivity contribution >= 4 is 5.97 Å². The second-order valence-corrected chi connectivity index (χ2v) is 4.13. The fourth-order valence-corrected chi connectivity index (χ4v) is 1.63. The minimum atomic E-state index is -0.961. The molecule has 0 saturated heterocycles. The van der Waals surface area contributed by atoms with Crippen molar-refractivity contribution in [1.29, 1.82) is 0 Å². The summed E-state index contributed by atoms with van der Waals surface area (Å²) < 4.78 is 6.28. The Labute approximate surface area is 106 Å². The Bertz CT molecular complexity index is 171. The van der Waals surface area contributed by atoms with E-state index in [1.54, 1.807) is 14.0 Å². The third-order valence-electron chi connectivity index (χ3n) is 3.24. The topological polar surface area (TPSA) is 49.4 Å². The Morgan fingerprint density at radius 2 is 1.59 bits per heavy atom. The van der Waals surface area contributed by atoms with Gasteiger partial charge in [0.1, 0.15) is 6.54 Å². The number of quaternary nitrogens is 1. The first-order valence-corrected chi connectivity index (χ1v) is 6.55. The summed E-state index contributed by atoms with van der Waals surface area (Å²) >= 11 is 0. The summed E-state index contributed by atoms with van der Waals surface area (Å²) in [5.41, 5.74) is 0. The van der Waals surface area contributed by atoms with Crippen molar-refractivity contribution in [2.75, 3.05) is 39.9 Å². The zero-order valence-corrected chi connectivity index (χ0v) is 12.1. The van der Waals surface area contributed by atoms with Crippen LogP contribution in [0.15, 0.2) is 0 Å². The molecule has 0 unspecified atom stereocenters. The van der Waals surface area contributed by atoms with Gasteiger partial charge in [-0.05, 0) is 27.2 Å². The van der Waals surface area contributed by atoms with Crippen LogP contribution in [0.2, 0.25) is 0 Å². The van der Waals surface area contributed by atoms with Gasteiger partial charge in [0.25, 0.3) is 0 Å². The highest BCUT2D eigenvalue weighted by atomic mass is 16.5. The van der Waals surface area contributed by atoms with Crippen LogP contribution in [0, 0.1) is 0 Å². The Hall–Kier alpha value is -0.610. The SMILES string of the molecule is CCCC(=O)[O-].CC[N+](CC)(CC)CCOC. The standard InChI is InChI=1S/C9H22NO.C4H8O2/c1-5-10(6-2,7-3)8-9-11-4;1-2-3-4(5)6/h5-9H2,1-4H3;2-3H2,1H3,(H,5,6)/q+1;/p-1. The largest absolute Gasteiger partial charge is 0.550 e. The van der Waals surface area contributed by atoms with Gasteiger partial charge in [-0.2, -0.15) is 0 Å². The van der Waals surface area contributed by atoms with Crippen LogP contribution in [-0.4, -0.2) is 50.3 Å². The number of methoxy groups -OCH3 is 1. The first-order valence-electron chi connectivity index (χ1n) is 6.55. The van der Waals surface area contributed by atoms with E-state index in [1.165, 1.54) is 24.1 Å². The monoisotopic (exact) mass is 247 g/mol. The summed E-state index contributed by atoms with van der Waals surface area (Å²) in [6.07, 6.45) is 0.850. The van der Waals surface area contributed by atoms with Crippen LogP contribution in [0.3, 0.4) is 0 Å². The molecule has 0 aliphatic heterocycles. The Balaban J connectivity index is 0. The lowest BCUT2D eigenvalue weighted by Crippen LogP contribution is -2.49. The summed E-state index contributed by atoms with van der Waals surface area (Å²) in [6.45, 7) is 14.3. The highest BCUT2D eigenvalue weighted by Crippen LogP contribution is 2.04. The minimum Gasteiger partial charge on any atom is -0.550 e. The van der Waals surface area contributed by atoms with E-state index in [0.717, 1.165) is 13.2 Å². The quantitative estimate of drug-likeness (QED) is 0.602. The molecule has 0 aromatic rings. The molecule has 0 spiro atoms. The van der Waals surface area contributed by atoms with Crippen molar-refractivity contribution in [2.45, 2.75) is 40.5 Å². The van der Waals surface area contributed by atoms with Gasteiger partial charge >= 0.3 is 0 Å². The molecule has 104 valence electrons. The van der Waals surface area contributed by atoms with Crippen LogP contribution in [0.25, 0.3) is 0 Å². The number of aliphatic carboxylic acids is 1. The number of carbonyl (C=O) groups excluding carboxylic acids is 1. The molecule has 0 bridgehead atoms. The summed E-state index contributed by atoms with van der Waals surface area (Å²) in [7, 11) is 1.77. The molecule has 0 aliphatic rings. The minimum absolute atomic E-state index is 0.181. The van der Waals surface area contributed by atoms with E-state index in [-0.39, 0.29) is 6.42 Å². The van der Waals surface area contributed by atoms with Crippen LogP contribution < -0.4 is 5.11 Å². The van der Waals surface area contributed by atoms with E-state index in [2.05, 4.69) is 20.8 Å². The van der Waals surface area contributed by atoms with Gasteiger partial charge in [0.05, 0.1) is 26.2 Å². The molecule has 0 aromatic carbocycles. The molecule has 0 heterocycles. The molecule has 4 nitrogen and oxygen atoms in total. The predicted octanol–water partition coefficient (Wildman–Crippen LogP) is 1.05. The molecular weight excluding hydrogens is 218 g/mol. The van der Waals surface area contributed by atoms with E-state index >= 15 is 0 Å². The molecule has 0 atom stereocenters. The van der Waals surface area contributed by atoms with Gasteiger partial charge in [0.15, 0.2) is 0 Å². The zero-order chi connectivity index (χ0) is 13.7. The van der Waals surface area contributed by atoms with Gasteiger partial charge < -0.3 is 19.1 Å². The normalized spacial score (nSPS) is 10.6. The predicted molar refractivity (Wildman–Crippen MR) is 68.5 cm³/mol. The van der Waals surface area contributed by atoms with Gasteiger partial charge in [-0.1, -0.05) is 13.3 Å².